The number of nitro groups is 1. The second kappa shape index (κ2) is 6.80. The van der Waals surface area contributed by atoms with Crippen LogP contribution in [0.5, 0.6) is 0 Å². The second-order valence-electron chi connectivity index (χ2n) is 4.78. The molecule has 0 bridgehead atoms. The molecule has 8 heteroatoms. The Morgan fingerprint density at radius 1 is 1.57 bits per heavy atom. The number of nitrogens with one attached hydrogen (secondary N) is 1. The van der Waals surface area contributed by atoms with Crippen LogP contribution in [0, 0.1) is 16.0 Å². The van der Waals surface area contributed by atoms with Gasteiger partial charge in [-0.15, -0.1) is 0 Å². The second-order valence-corrected chi connectivity index (χ2v) is 4.78. The number of hydrogen-bond donors (Lipinski definition) is 2. The van der Waals surface area contributed by atoms with Crippen molar-refractivity contribution in [1.82, 2.24) is 14.8 Å². The molecule has 0 fully saturated rings. The van der Waals surface area contributed by atoms with E-state index in [4.69, 9.17) is 0 Å². The smallest absolute Gasteiger partial charge is 0.311 e. The molecule has 0 aliphatic rings. The Labute approximate surface area is 121 Å². The standard InChI is InChI=1S/C13H17N5O3/c1-17-8-10(7-16-17)5-11(9-19)6-15-13-12(18(20)21)3-2-4-14-13/h2-4,7-8,11,19H,5-6,9H2,1H3,(H,14,15). The van der Waals surface area contributed by atoms with Crippen LogP contribution in [0.1, 0.15) is 5.56 Å². The van der Waals surface area contributed by atoms with E-state index in [0.717, 1.165) is 5.56 Å². The van der Waals surface area contributed by atoms with Crippen LogP contribution < -0.4 is 5.32 Å². The zero-order valence-electron chi connectivity index (χ0n) is 11.6. The number of aliphatic hydroxyl groups excluding tert-OH is 1. The monoisotopic (exact) mass is 291 g/mol. The summed E-state index contributed by atoms with van der Waals surface area (Å²) in [7, 11) is 1.83. The summed E-state index contributed by atoms with van der Waals surface area (Å²) >= 11 is 0. The molecule has 0 amide bonds. The first-order valence-electron chi connectivity index (χ1n) is 6.51. The molecule has 21 heavy (non-hydrogen) atoms. The highest BCUT2D eigenvalue weighted by molar-refractivity contribution is 5.55. The first-order valence-corrected chi connectivity index (χ1v) is 6.51. The molecule has 2 aromatic rings. The summed E-state index contributed by atoms with van der Waals surface area (Å²) < 4.78 is 1.70. The van der Waals surface area contributed by atoms with Crippen LogP contribution in [0.4, 0.5) is 11.5 Å². The van der Waals surface area contributed by atoms with E-state index in [9.17, 15) is 15.2 Å². The summed E-state index contributed by atoms with van der Waals surface area (Å²) in [6.07, 6.45) is 5.75. The van der Waals surface area contributed by atoms with E-state index < -0.39 is 4.92 Å². The van der Waals surface area contributed by atoms with Crippen LogP contribution >= 0.6 is 0 Å². The van der Waals surface area contributed by atoms with Gasteiger partial charge in [0, 0.05) is 44.6 Å². The predicted molar refractivity (Wildman–Crippen MR) is 76.9 cm³/mol. The van der Waals surface area contributed by atoms with Gasteiger partial charge in [0.25, 0.3) is 0 Å². The molecule has 2 heterocycles. The number of aryl methyl sites for hydroxylation is 1. The average Bonchev–Trinajstić information content (AvgIpc) is 2.88. The zero-order valence-corrected chi connectivity index (χ0v) is 11.6. The van der Waals surface area contributed by atoms with E-state index in [0.29, 0.717) is 13.0 Å². The van der Waals surface area contributed by atoms with Crippen molar-refractivity contribution >= 4 is 11.5 Å². The number of rotatable bonds is 7. The van der Waals surface area contributed by atoms with Crippen molar-refractivity contribution in [2.45, 2.75) is 6.42 Å². The van der Waals surface area contributed by atoms with E-state index in [1.54, 1.807) is 10.9 Å². The van der Waals surface area contributed by atoms with Gasteiger partial charge in [-0.3, -0.25) is 14.8 Å². The fraction of sp³-hybridized carbons (Fsp3) is 0.385. The Bertz CT molecular complexity index is 613. The number of aromatic nitrogens is 3. The molecule has 2 aromatic heterocycles. The maximum Gasteiger partial charge on any atom is 0.311 e. The summed E-state index contributed by atoms with van der Waals surface area (Å²) in [6, 6.07) is 2.91. The van der Waals surface area contributed by atoms with Gasteiger partial charge in [0.1, 0.15) is 0 Å². The molecule has 2 N–H and O–H groups in total. The van der Waals surface area contributed by atoms with E-state index >= 15 is 0 Å². The lowest BCUT2D eigenvalue weighted by molar-refractivity contribution is -0.384. The Hall–Kier alpha value is -2.48. The number of anilines is 1. The minimum atomic E-state index is -0.482. The van der Waals surface area contributed by atoms with Crippen molar-refractivity contribution in [1.29, 1.82) is 0 Å². The van der Waals surface area contributed by atoms with E-state index in [2.05, 4.69) is 15.4 Å². The third-order valence-corrected chi connectivity index (χ3v) is 3.08. The molecular weight excluding hydrogens is 274 g/mol. The van der Waals surface area contributed by atoms with Crippen LogP contribution in [0.25, 0.3) is 0 Å². The van der Waals surface area contributed by atoms with Gasteiger partial charge < -0.3 is 10.4 Å². The summed E-state index contributed by atoms with van der Waals surface area (Å²) in [6.45, 7) is 0.367. The molecule has 0 saturated carbocycles. The predicted octanol–water partition coefficient (Wildman–Crippen LogP) is 0.986. The van der Waals surface area contributed by atoms with Crippen LogP contribution in [-0.2, 0) is 13.5 Å². The van der Waals surface area contributed by atoms with Gasteiger partial charge in [-0.05, 0) is 18.1 Å². The first kappa shape index (κ1) is 14.9. The van der Waals surface area contributed by atoms with Gasteiger partial charge >= 0.3 is 5.69 Å². The average molecular weight is 291 g/mol. The minimum absolute atomic E-state index is 0.0253. The van der Waals surface area contributed by atoms with Gasteiger partial charge in [-0.25, -0.2) is 4.98 Å². The Balaban J connectivity index is 1.98. The molecule has 0 saturated heterocycles. The minimum Gasteiger partial charge on any atom is -0.396 e. The number of pyridine rings is 1. The number of nitrogens with zero attached hydrogens (tertiary/aromatic N) is 4. The third-order valence-electron chi connectivity index (χ3n) is 3.08. The fourth-order valence-electron chi connectivity index (χ4n) is 2.03. The van der Waals surface area contributed by atoms with Crippen molar-refractivity contribution in [3.63, 3.8) is 0 Å². The maximum absolute atomic E-state index is 10.9. The van der Waals surface area contributed by atoms with Crippen molar-refractivity contribution < 1.29 is 10.0 Å². The highest BCUT2D eigenvalue weighted by Crippen LogP contribution is 2.20. The summed E-state index contributed by atoms with van der Waals surface area (Å²) in [5.41, 5.74) is 0.935. The molecule has 0 radical (unpaired) electrons. The molecule has 112 valence electrons. The SMILES string of the molecule is Cn1cc(CC(CO)CNc2ncccc2[N+](=O)[O-])cn1. The van der Waals surface area contributed by atoms with E-state index in [1.165, 1.54) is 18.3 Å². The van der Waals surface area contributed by atoms with Crippen LogP contribution in [0.2, 0.25) is 0 Å². The molecule has 2 rings (SSSR count). The lowest BCUT2D eigenvalue weighted by atomic mass is 10.0. The third kappa shape index (κ3) is 3.99. The summed E-state index contributed by atoms with van der Waals surface area (Å²) in [4.78, 5) is 14.4. The van der Waals surface area contributed by atoms with Crippen LogP contribution in [0.15, 0.2) is 30.7 Å². The molecular formula is C13H17N5O3. The molecule has 1 unspecified atom stereocenters. The quantitative estimate of drug-likeness (QED) is 0.582. The Morgan fingerprint density at radius 3 is 3.00 bits per heavy atom. The lowest BCUT2D eigenvalue weighted by Gasteiger charge is -2.14. The van der Waals surface area contributed by atoms with Crippen molar-refractivity contribution in [3.05, 3.63) is 46.4 Å². The largest absolute Gasteiger partial charge is 0.396 e. The molecule has 0 aliphatic heterocycles. The molecule has 0 spiro atoms. The molecule has 8 nitrogen and oxygen atoms in total. The first-order chi connectivity index (χ1) is 10.1. The molecule has 0 aliphatic carbocycles. The normalized spacial score (nSPS) is 12.1. The summed E-state index contributed by atoms with van der Waals surface area (Å²) in [5.74, 6) is 0.142. The van der Waals surface area contributed by atoms with Gasteiger partial charge in [0.05, 0.1) is 11.1 Å². The van der Waals surface area contributed by atoms with E-state index in [1.807, 2.05) is 13.2 Å². The van der Waals surface area contributed by atoms with Crippen molar-refractivity contribution in [2.75, 3.05) is 18.5 Å². The fourth-order valence-corrected chi connectivity index (χ4v) is 2.03. The highest BCUT2D eigenvalue weighted by atomic mass is 16.6. The van der Waals surface area contributed by atoms with Gasteiger partial charge in [0.15, 0.2) is 0 Å². The zero-order chi connectivity index (χ0) is 15.2. The van der Waals surface area contributed by atoms with Crippen molar-refractivity contribution in [3.8, 4) is 0 Å². The maximum atomic E-state index is 10.9. The molecule has 0 aromatic carbocycles. The number of aliphatic hydroxyl groups is 1. The van der Waals surface area contributed by atoms with Crippen LogP contribution in [-0.4, -0.2) is 37.9 Å². The van der Waals surface area contributed by atoms with E-state index in [-0.39, 0.29) is 24.0 Å². The van der Waals surface area contributed by atoms with Gasteiger partial charge in [-0.1, -0.05) is 0 Å². The van der Waals surface area contributed by atoms with Crippen LogP contribution in [0.3, 0.4) is 0 Å². The highest BCUT2D eigenvalue weighted by Gasteiger charge is 2.16. The van der Waals surface area contributed by atoms with Gasteiger partial charge in [0.2, 0.25) is 5.82 Å². The van der Waals surface area contributed by atoms with Gasteiger partial charge in [-0.2, -0.15) is 5.10 Å². The topological polar surface area (TPSA) is 106 Å². The Kier molecular flexibility index (Phi) is 4.83. The number of hydrogen-bond acceptors (Lipinski definition) is 6. The summed E-state index contributed by atoms with van der Waals surface area (Å²) in [5, 5.41) is 27.3. The Morgan fingerprint density at radius 2 is 2.38 bits per heavy atom. The van der Waals surface area contributed by atoms with Crippen molar-refractivity contribution in [2.24, 2.45) is 13.0 Å². The molecule has 1 atom stereocenters. The lowest BCUT2D eigenvalue weighted by Crippen LogP contribution is -2.21.